The summed E-state index contributed by atoms with van der Waals surface area (Å²) in [5.74, 6) is 0.789. The number of rotatable bonds is 6. The van der Waals surface area contributed by atoms with Crippen LogP contribution in [0.4, 0.5) is 0 Å². The fourth-order valence-corrected chi connectivity index (χ4v) is 4.93. The highest BCUT2D eigenvalue weighted by Gasteiger charge is 2.44. The van der Waals surface area contributed by atoms with E-state index < -0.39 is 0 Å². The Morgan fingerprint density at radius 3 is 2.79 bits per heavy atom. The maximum Gasteiger partial charge on any atom is 0.0579 e. The maximum absolute atomic E-state index is 2.78. The highest BCUT2D eigenvalue weighted by molar-refractivity contribution is 7.10. The Morgan fingerprint density at radius 1 is 1.37 bits per heavy atom. The van der Waals surface area contributed by atoms with Gasteiger partial charge in [0.05, 0.1) is 5.54 Å². The van der Waals surface area contributed by atoms with Gasteiger partial charge in [0.15, 0.2) is 0 Å². The van der Waals surface area contributed by atoms with E-state index in [-0.39, 0.29) is 0 Å². The van der Waals surface area contributed by atoms with Crippen LogP contribution in [0.2, 0.25) is 0 Å². The van der Waals surface area contributed by atoms with Crippen LogP contribution in [0.25, 0.3) is 0 Å². The molecule has 2 unspecified atom stereocenters. The van der Waals surface area contributed by atoms with Crippen LogP contribution in [-0.2, 0) is 5.54 Å². The lowest BCUT2D eigenvalue weighted by Crippen LogP contribution is -2.52. The van der Waals surface area contributed by atoms with Gasteiger partial charge < -0.3 is 0 Å². The minimum Gasteiger partial charge on any atom is -0.293 e. The number of nitrogens with zero attached hydrogens (tertiary/aromatic N) is 1. The van der Waals surface area contributed by atoms with Crippen LogP contribution >= 0.6 is 11.3 Å². The van der Waals surface area contributed by atoms with E-state index in [1.165, 1.54) is 51.6 Å². The fraction of sp³-hybridized carbons (Fsp3) is 0.765. The molecule has 2 atom stereocenters. The molecule has 0 N–H and O–H groups in total. The van der Waals surface area contributed by atoms with E-state index in [1.54, 1.807) is 4.88 Å². The van der Waals surface area contributed by atoms with Gasteiger partial charge in [0.25, 0.3) is 0 Å². The lowest BCUT2D eigenvalue weighted by Gasteiger charge is -2.50. The zero-order valence-electron chi connectivity index (χ0n) is 12.8. The zero-order valence-corrected chi connectivity index (χ0v) is 13.6. The molecule has 1 aliphatic rings. The molecule has 2 heteroatoms. The first-order chi connectivity index (χ1) is 9.25. The molecule has 1 heterocycles. The van der Waals surface area contributed by atoms with Crippen LogP contribution in [0.5, 0.6) is 0 Å². The molecule has 1 fully saturated rings. The van der Waals surface area contributed by atoms with E-state index in [1.807, 2.05) is 11.3 Å². The van der Waals surface area contributed by atoms with Crippen molar-refractivity contribution in [3.63, 3.8) is 0 Å². The van der Waals surface area contributed by atoms with Crippen LogP contribution in [0.3, 0.4) is 0 Å². The summed E-state index contributed by atoms with van der Waals surface area (Å²) in [6.07, 6.45) is 8.18. The predicted octanol–water partition coefficient (Wildman–Crippen LogP) is 5.28. The molecule has 1 nitrogen and oxygen atoms in total. The van der Waals surface area contributed by atoms with Gasteiger partial charge in [-0.2, -0.15) is 0 Å². The van der Waals surface area contributed by atoms with Gasteiger partial charge in [0.1, 0.15) is 0 Å². The maximum atomic E-state index is 2.78. The van der Waals surface area contributed by atoms with Gasteiger partial charge in [-0.05, 0) is 49.7 Å². The molecular formula is C17H29NS. The van der Waals surface area contributed by atoms with Gasteiger partial charge in [0, 0.05) is 4.88 Å². The van der Waals surface area contributed by atoms with Gasteiger partial charge in [-0.3, -0.25) is 4.90 Å². The van der Waals surface area contributed by atoms with Crippen molar-refractivity contribution in [2.24, 2.45) is 5.92 Å². The zero-order chi connectivity index (χ0) is 13.7. The molecule has 0 saturated heterocycles. The minimum atomic E-state index is 0.330. The number of hydrogen-bond donors (Lipinski definition) is 0. The molecule has 0 aliphatic heterocycles. The van der Waals surface area contributed by atoms with Gasteiger partial charge >= 0.3 is 0 Å². The van der Waals surface area contributed by atoms with E-state index in [9.17, 15) is 0 Å². The molecule has 1 aromatic rings. The van der Waals surface area contributed by atoms with E-state index in [0.717, 1.165) is 5.92 Å². The third-order valence-corrected chi connectivity index (χ3v) is 5.97. The average Bonchev–Trinajstić information content (AvgIpc) is 2.96. The second-order valence-electron chi connectivity index (χ2n) is 5.98. The van der Waals surface area contributed by atoms with Crippen molar-refractivity contribution in [3.05, 3.63) is 22.4 Å². The van der Waals surface area contributed by atoms with Crippen LogP contribution in [0.1, 0.15) is 64.2 Å². The Bertz CT molecular complexity index is 359. The predicted molar refractivity (Wildman–Crippen MR) is 85.8 cm³/mol. The third-order valence-electron chi connectivity index (χ3n) is 4.94. The summed E-state index contributed by atoms with van der Waals surface area (Å²) in [6, 6.07) is 4.61. The highest BCUT2D eigenvalue weighted by atomic mass is 32.1. The molecule has 0 radical (unpaired) electrons. The fourth-order valence-electron chi connectivity index (χ4n) is 3.84. The van der Waals surface area contributed by atoms with Crippen molar-refractivity contribution >= 4 is 11.3 Å². The Kier molecular flexibility index (Phi) is 5.47. The monoisotopic (exact) mass is 279 g/mol. The van der Waals surface area contributed by atoms with E-state index in [0.29, 0.717) is 5.54 Å². The standard InChI is InChI=1S/C17H29NS/c1-4-6-13-18(5-2)17(16-11-9-14-19-16)12-8-7-10-15(17)3/h9,11,14-15H,4-8,10,12-13H2,1-3H3. The largest absolute Gasteiger partial charge is 0.293 e. The molecule has 1 saturated carbocycles. The highest BCUT2D eigenvalue weighted by Crippen LogP contribution is 2.47. The van der Waals surface area contributed by atoms with E-state index >= 15 is 0 Å². The van der Waals surface area contributed by atoms with Crippen molar-refractivity contribution in [2.45, 2.75) is 64.8 Å². The molecule has 19 heavy (non-hydrogen) atoms. The van der Waals surface area contributed by atoms with Crippen molar-refractivity contribution in [2.75, 3.05) is 13.1 Å². The molecule has 1 aliphatic carbocycles. The molecule has 0 amide bonds. The Balaban J connectivity index is 2.32. The molecule has 0 spiro atoms. The summed E-state index contributed by atoms with van der Waals surface area (Å²) < 4.78 is 0. The van der Waals surface area contributed by atoms with Crippen LogP contribution in [-0.4, -0.2) is 18.0 Å². The SMILES string of the molecule is CCCCN(CC)C1(c2cccs2)CCCCC1C. The summed E-state index contributed by atoms with van der Waals surface area (Å²) in [7, 11) is 0. The quantitative estimate of drug-likeness (QED) is 0.685. The first-order valence-corrected chi connectivity index (χ1v) is 8.92. The Morgan fingerprint density at radius 2 is 2.21 bits per heavy atom. The molecular weight excluding hydrogens is 250 g/mol. The topological polar surface area (TPSA) is 3.24 Å². The molecule has 0 bridgehead atoms. The first kappa shape index (κ1) is 15.1. The average molecular weight is 279 g/mol. The summed E-state index contributed by atoms with van der Waals surface area (Å²) in [4.78, 5) is 4.39. The molecule has 108 valence electrons. The van der Waals surface area contributed by atoms with E-state index in [2.05, 4.69) is 43.2 Å². The Hall–Kier alpha value is -0.340. The summed E-state index contributed by atoms with van der Waals surface area (Å²) in [6.45, 7) is 9.56. The number of hydrogen-bond acceptors (Lipinski definition) is 2. The van der Waals surface area contributed by atoms with Crippen molar-refractivity contribution in [1.82, 2.24) is 4.90 Å². The van der Waals surface area contributed by atoms with Crippen molar-refractivity contribution in [1.29, 1.82) is 0 Å². The second-order valence-corrected chi connectivity index (χ2v) is 6.93. The molecule has 2 rings (SSSR count). The first-order valence-electron chi connectivity index (χ1n) is 8.04. The van der Waals surface area contributed by atoms with Crippen molar-refractivity contribution < 1.29 is 0 Å². The molecule has 0 aromatic carbocycles. The summed E-state index contributed by atoms with van der Waals surface area (Å²) in [5.41, 5.74) is 0.330. The third kappa shape index (κ3) is 2.90. The van der Waals surface area contributed by atoms with Gasteiger partial charge in [-0.25, -0.2) is 0 Å². The smallest absolute Gasteiger partial charge is 0.0579 e. The lowest BCUT2D eigenvalue weighted by atomic mass is 9.71. The van der Waals surface area contributed by atoms with Crippen LogP contribution in [0, 0.1) is 5.92 Å². The van der Waals surface area contributed by atoms with Gasteiger partial charge in [-0.1, -0.05) is 46.1 Å². The Labute approximate surface area is 123 Å². The molecule has 1 aromatic heterocycles. The minimum absolute atomic E-state index is 0.330. The summed E-state index contributed by atoms with van der Waals surface area (Å²) in [5, 5.41) is 2.26. The lowest BCUT2D eigenvalue weighted by molar-refractivity contribution is 0.00744. The second kappa shape index (κ2) is 6.90. The van der Waals surface area contributed by atoms with Crippen LogP contribution in [0.15, 0.2) is 17.5 Å². The summed E-state index contributed by atoms with van der Waals surface area (Å²) >= 11 is 1.97. The van der Waals surface area contributed by atoms with E-state index in [4.69, 9.17) is 0 Å². The van der Waals surface area contributed by atoms with Gasteiger partial charge in [0.2, 0.25) is 0 Å². The number of thiophene rings is 1. The normalized spacial score (nSPS) is 27.9. The number of unbranched alkanes of at least 4 members (excludes halogenated alkanes) is 1. The van der Waals surface area contributed by atoms with Gasteiger partial charge in [-0.15, -0.1) is 11.3 Å². The van der Waals surface area contributed by atoms with Crippen LogP contribution < -0.4 is 0 Å². The van der Waals surface area contributed by atoms with Crippen molar-refractivity contribution in [3.8, 4) is 0 Å².